The Morgan fingerprint density at radius 1 is 1.14 bits per heavy atom. The molecular formula is C17H18ClN3. The zero-order valence-corrected chi connectivity index (χ0v) is 12.9. The number of rotatable bonds is 4. The lowest BCUT2D eigenvalue weighted by Gasteiger charge is -2.14. The van der Waals surface area contributed by atoms with Crippen molar-refractivity contribution in [3.05, 3.63) is 59.2 Å². The van der Waals surface area contributed by atoms with Crippen LogP contribution in [0, 0.1) is 0 Å². The van der Waals surface area contributed by atoms with Gasteiger partial charge in [0.25, 0.3) is 0 Å². The third kappa shape index (κ3) is 2.80. The zero-order chi connectivity index (χ0) is 14.8. The van der Waals surface area contributed by atoms with Gasteiger partial charge in [-0.1, -0.05) is 55.8 Å². The lowest BCUT2D eigenvalue weighted by molar-refractivity contribution is 0.587. The first-order valence-corrected chi connectivity index (χ1v) is 7.48. The van der Waals surface area contributed by atoms with E-state index in [9.17, 15) is 0 Å². The average Bonchev–Trinajstić information content (AvgIpc) is 2.89. The van der Waals surface area contributed by atoms with Crippen LogP contribution in [0.15, 0.2) is 48.7 Å². The molecule has 3 rings (SSSR count). The van der Waals surface area contributed by atoms with Crippen LogP contribution in [0.4, 0.5) is 0 Å². The standard InChI is InChI=1S/C17H18ClN3/c1-12(2)19-10-14-7-5-8-15(18)17(14)21-16-9-4-3-6-13(16)11-20-21/h3-9,11-12,19H,10H2,1-2H3. The molecule has 0 atom stereocenters. The van der Waals surface area contributed by atoms with Crippen molar-refractivity contribution in [2.24, 2.45) is 0 Å². The van der Waals surface area contributed by atoms with Crippen LogP contribution in [-0.2, 0) is 6.54 Å². The summed E-state index contributed by atoms with van der Waals surface area (Å²) in [7, 11) is 0. The molecule has 0 amide bonds. The molecule has 2 aromatic carbocycles. The summed E-state index contributed by atoms with van der Waals surface area (Å²) in [6.07, 6.45) is 1.87. The smallest absolute Gasteiger partial charge is 0.0883 e. The highest BCUT2D eigenvalue weighted by molar-refractivity contribution is 6.32. The van der Waals surface area contributed by atoms with Crippen molar-refractivity contribution in [1.29, 1.82) is 0 Å². The first kappa shape index (κ1) is 14.1. The van der Waals surface area contributed by atoms with Crippen molar-refractivity contribution in [2.45, 2.75) is 26.4 Å². The Morgan fingerprint density at radius 3 is 2.76 bits per heavy atom. The summed E-state index contributed by atoms with van der Waals surface area (Å²) < 4.78 is 1.93. The first-order chi connectivity index (χ1) is 10.2. The molecule has 0 spiro atoms. The van der Waals surface area contributed by atoms with E-state index in [0.717, 1.165) is 28.7 Å². The molecule has 0 saturated heterocycles. The number of nitrogens with one attached hydrogen (secondary N) is 1. The van der Waals surface area contributed by atoms with Crippen LogP contribution in [0.3, 0.4) is 0 Å². The molecule has 0 unspecified atom stereocenters. The fraction of sp³-hybridized carbons (Fsp3) is 0.235. The molecular weight excluding hydrogens is 282 g/mol. The van der Waals surface area contributed by atoms with Crippen LogP contribution in [-0.4, -0.2) is 15.8 Å². The number of aromatic nitrogens is 2. The van der Waals surface area contributed by atoms with Gasteiger partial charge in [0.05, 0.1) is 22.4 Å². The van der Waals surface area contributed by atoms with E-state index < -0.39 is 0 Å². The summed E-state index contributed by atoms with van der Waals surface area (Å²) in [6, 6.07) is 14.6. The molecule has 21 heavy (non-hydrogen) atoms. The minimum atomic E-state index is 0.422. The van der Waals surface area contributed by atoms with Gasteiger partial charge in [0.2, 0.25) is 0 Å². The summed E-state index contributed by atoms with van der Waals surface area (Å²) in [5.41, 5.74) is 3.16. The summed E-state index contributed by atoms with van der Waals surface area (Å²) >= 11 is 6.45. The Hall–Kier alpha value is -1.84. The van der Waals surface area contributed by atoms with Gasteiger partial charge >= 0.3 is 0 Å². The van der Waals surface area contributed by atoms with Gasteiger partial charge in [-0.3, -0.25) is 0 Å². The van der Waals surface area contributed by atoms with Crippen molar-refractivity contribution in [3.63, 3.8) is 0 Å². The molecule has 4 heteroatoms. The number of halogens is 1. The Morgan fingerprint density at radius 2 is 1.95 bits per heavy atom. The molecule has 0 aliphatic rings. The van der Waals surface area contributed by atoms with Gasteiger partial charge in [0.1, 0.15) is 0 Å². The summed E-state index contributed by atoms with van der Waals surface area (Å²) in [6.45, 7) is 5.03. The summed E-state index contributed by atoms with van der Waals surface area (Å²) in [5.74, 6) is 0. The second kappa shape index (κ2) is 5.88. The third-order valence-electron chi connectivity index (χ3n) is 3.46. The molecule has 3 nitrogen and oxygen atoms in total. The minimum Gasteiger partial charge on any atom is -0.310 e. The average molecular weight is 300 g/mol. The third-order valence-corrected chi connectivity index (χ3v) is 3.77. The van der Waals surface area contributed by atoms with Crippen LogP contribution >= 0.6 is 11.6 Å². The van der Waals surface area contributed by atoms with Crippen LogP contribution in [0.1, 0.15) is 19.4 Å². The van der Waals surface area contributed by atoms with Crippen molar-refractivity contribution < 1.29 is 0 Å². The van der Waals surface area contributed by atoms with E-state index in [1.54, 1.807) is 0 Å². The van der Waals surface area contributed by atoms with Gasteiger partial charge in [-0.25, -0.2) is 4.68 Å². The fourth-order valence-corrected chi connectivity index (χ4v) is 2.68. The maximum atomic E-state index is 6.45. The van der Waals surface area contributed by atoms with E-state index in [1.165, 1.54) is 0 Å². The van der Waals surface area contributed by atoms with Gasteiger partial charge < -0.3 is 5.32 Å². The van der Waals surface area contributed by atoms with E-state index in [4.69, 9.17) is 11.6 Å². The van der Waals surface area contributed by atoms with E-state index in [-0.39, 0.29) is 0 Å². The Balaban J connectivity index is 2.12. The van der Waals surface area contributed by atoms with E-state index in [1.807, 2.05) is 35.1 Å². The predicted octanol–water partition coefficient (Wildman–Crippen LogP) is 4.18. The molecule has 1 heterocycles. The van der Waals surface area contributed by atoms with E-state index in [2.05, 4.69) is 42.5 Å². The normalized spacial score (nSPS) is 11.4. The second-order valence-electron chi connectivity index (χ2n) is 5.40. The lowest BCUT2D eigenvalue weighted by atomic mass is 10.1. The monoisotopic (exact) mass is 299 g/mol. The Bertz CT molecular complexity index is 762. The fourth-order valence-electron chi connectivity index (χ4n) is 2.40. The molecule has 3 aromatic rings. The van der Waals surface area contributed by atoms with Crippen LogP contribution < -0.4 is 5.32 Å². The van der Waals surface area contributed by atoms with Gasteiger partial charge in [-0.15, -0.1) is 0 Å². The van der Waals surface area contributed by atoms with Gasteiger partial charge in [-0.05, 0) is 17.7 Å². The molecule has 0 radical (unpaired) electrons. The highest BCUT2D eigenvalue weighted by atomic mass is 35.5. The van der Waals surface area contributed by atoms with Crippen LogP contribution in [0.25, 0.3) is 16.6 Å². The summed E-state index contributed by atoms with van der Waals surface area (Å²) in [5, 5.41) is 9.78. The number of para-hydroxylation sites is 2. The number of hydrogen-bond acceptors (Lipinski definition) is 2. The van der Waals surface area contributed by atoms with Crippen molar-refractivity contribution in [2.75, 3.05) is 0 Å². The molecule has 1 aromatic heterocycles. The number of fused-ring (bicyclic) bond motifs is 1. The quantitative estimate of drug-likeness (QED) is 0.783. The van der Waals surface area contributed by atoms with Crippen LogP contribution in [0.2, 0.25) is 5.02 Å². The highest BCUT2D eigenvalue weighted by Gasteiger charge is 2.13. The number of nitrogens with zero attached hydrogens (tertiary/aromatic N) is 2. The van der Waals surface area contributed by atoms with Crippen molar-refractivity contribution >= 4 is 22.5 Å². The predicted molar refractivity (Wildman–Crippen MR) is 88.1 cm³/mol. The summed E-state index contributed by atoms with van der Waals surface area (Å²) in [4.78, 5) is 0. The molecule has 0 fully saturated rings. The highest BCUT2D eigenvalue weighted by Crippen LogP contribution is 2.27. The number of hydrogen-bond donors (Lipinski definition) is 1. The van der Waals surface area contributed by atoms with E-state index in [0.29, 0.717) is 11.1 Å². The minimum absolute atomic E-state index is 0.422. The zero-order valence-electron chi connectivity index (χ0n) is 12.2. The first-order valence-electron chi connectivity index (χ1n) is 7.10. The largest absolute Gasteiger partial charge is 0.310 e. The molecule has 1 N–H and O–H groups in total. The molecule has 0 bridgehead atoms. The maximum Gasteiger partial charge on any atom is 0.0883 e. The van der Waals surface area contributed by atoms with Crippen molar-refractivity contribution in [1.82, 2.24) is 15.1 Å². The Labute approximate surface area is 129 Å². The Kier molecular flexibility index (Phi) is 3.95. The van der Waals surface area contributed by atoms with E-state index >= 15 is 0 Å². The van der Waals surface area contributed by atoms with Gasteiger partial charge in [0.15, 0.2) is 0 Å². The molecule has 0 saturated carbocycles. The number of benzene rings is 2. The van der Waals surface area contributed by atoms with Crippen molar-refractivity contribution in [3.8, 4) is 5.69 Å². The van der Waals surface area contributed by atoms with Crippen LogP contribution in [0.5, 0.6) is 0 Å². The van der Waals surface area contributed by atoms with Gasteiger partial charge in [-0.2, -0.15) is 5.10 Å². The molecule has 108 valence electrons. The topological polar surface area (TPSA) is 29.9 Å². The van der Waals surface area contributed by atoms with Gasteiger partial charge in [0, 0.05) is 18.0 Å². The lowest BCUT2D eigenvalue weighted by Crippen LogP contribution is -2.22. The molecule has 0 aliphatic heterocycles. The molecule has 0 aliphatic carbocycles. The second-order valence-corrected chi connectivity index (χ2v) is 5.81. The maximum absolute atomic E-state index is 6.45. The SMILES string of the molecule is CC(C)NCc1cccc(Cl)c1-n1ncc2ccccc21.